The minimum atomic E-state index is -1.25. The van der Waals surface area contributed by atoms with Crippen molar-refractivity contribution in [2.45, 2.75) is 55.7 Å². The molecule has 222 valence electrons. The largest absolute Gasteiger partial charge is 0.477 e. The van der Waals surface area contributed by atoms with Crippen molar-refractivity contribution in [1.82, 2.24) is 35.4 Å². The number of aromatic nitrogens is 5. The number of hydrogen-bond acceptors (Lipinski definition) is 14. The fourth-order valence-electron chi connectivity index (χ4n) is 4.11. The molecule has 0 bridgehead atoms. The van der Waals surface area contributed by atoms with Gasteiger partial charge in [0, 0.05) is 23.4 Å². The fraction of sp³-hybridized carbons (Fsp3) is 0.478. The topological polar surface area (TPSA) is 218 Å². The predicted octanol–water partition coefficient (Wildman–Crippen LogP) is 1.05. The number of nitrogens with zero attached hydrogens (tertiary/aromatic N) is 8. The van der Waals surface area contributed by atoms with Gasteiger partial charge in [-0.2, -0.15) is 5.26 Å². The zero-order valence-corrected chi connectivity index (χ0v) is 24.7. The van der Waals surface area contributed by atoms with Gasteiger partial charge < -0.3 is 20.6 Å². The van der Waals surface area contributed by atoms with Crippen molar-refractivity contribution in [2.75, 3.05) is 23.4 Å². The van der Waals surface area contributed by atoms with Crippen molar-refractivity contribution in [2.24, 2.45) is 5.16 Å². The molecule has 2 aliphatic heterocycles. The molecule has 16 nitrogen and oxygen atoms in total. The molecule has 0 radical (unpaired) electrons. The summed E-state index contributed by atoms with van der Waals surface area (Å²) >= 11 is 3.65. The van der Waals surface area contributed by atoms with Crippen molar-refractivity contribution in [3.8, 4) is 6.07 Å². The third kappa shape index (κ3) is 7.06. The summed E-state index contributed by atoms with van der Waals surface area (Å²) in [5.74, 6) is -2.08. The third-order valence-corrected chi connectivity index (χ3v) is 9.22. The number of carboxylic acids is 1. The highest BCUT2D eigenvalue weighted by Crippen LogP contribution is 2.41. The van der Waals surface area contributed by atoms with Crippen molar-refractivity contribution < 1.29 is 29.1 Å². The van der Waals surface area contributed by atoms with E-state index in [-0.39, 0.29) is 28.0 Å². The van der Waals surface area contributed by atoms with Crippen LogP contribution in [0.5, 0.6) is 0 Å². The summed E-state index contributed by atoms with van der Waals surface area (Å²) in [6.07, 6.45) is 4.64. The molecule has 0 aliphatic carbocycles. The normalized spacial score (nSPS) is 18.1. The van der Waals surface area contributed by atoms with Crippen molar-refractivity contribution in [1.29, 1.82) is 5.26 Å². The van der Waals surface area contributed by atoms with Crippen LogP contribution in [0, 0.1) is 11.3 Å². The molecule has 2 aliphatic rings. The molecule has 2 aromatic heterocycles. The van der Waals surface area contributed by atoms with Gasteiger partial charge in [0.1, 0.15) is 28.9 Å². The molecule has 4 heterocycles. The lowest BCUT2D eigenvalue weighted by Crippen LogP contribution is -2.71. The van der Waals surface area contributed by atoms with E-state index in [0.29, 0.717) is 29.4 Å². The Morgan fingerprint density at radius 3 is 2.95 bits per heavy atom. The summed E-state index contributed by atoms with van der Waals surface area (Å²) in [4.78, 5) is 59.3. The Morgan fingerprint density at radius 2 is 2.21 bits per heavy atom. The van der Waals surface area contributed by atoms with Gasteiger partial charge in [-0.15, -0.1) is 28.2 Å². The van der Waals surface area contributed by atoms with E-state index < -0.39 is 35.8 Å². The minimum Gasteiger partial charge on any atom is -0.477 e. The molecule has 1 fully saturated rings. The number of β-lactam (4-membered cyclic amide) rings is 1. The molecular formula is C23H26N10O6S3. The minimum absolute atomic E-state index is 0.0536. The number of anilines is 1. The predicted molar refractivity (Wildman–Crippen MR) is 152 cm³/mol. The Morgan fingerprint density at radius 1 is 1.38 bits per heavy atom. The molecule has 19 heteroatoms. The average molecular weight is 635 g/mol. The second-order valence-corrected chi connectivity index (χ2v) is 11.7. The number of aryl methyl sites for hydroxylation is 1. The van der Waals surface area contributed by atoms with Gasteiger partial charge >= 0.3 is 5.97 Å². The Hall–Kier alpha value is -4.02. The quantitative estimate of drug-likeness (QED) is 0.0588. The van der Waals surface area contributed by atoms with Crippen LogP contribution < -0.4 is 10.6 Å². The number of aliphatic carboxylic acids is 1. The monoisotopic (exact) mass is 634 g/mol. The molecule has 0 spiro atoms. The molecule has 3 N–H and O–H groups in total. The maximum absolute atomic E-state index is 13.1. The van der Waals surface area contributed by atoms with Crippen LogP contribution in [-0.2, 0) is 30.6 Å². The van der Waals surface area contributed by atoms with Gasteiger partial charge in [0.05, 0.1) is 0 Å². The van der Waals surface area contributed by atoms with E-state index in [1.807, 2.05) is 0 Å². The molecular weight excluding hydrogens is 609 g/mol. The van der Waals surface area contributed by atoms with E-state index in [9.17, 15) is 24.3 Å². The van der Waals surface area contributed by atoms with Crippen LogP contribution >= 0.6 is 34.9 Å². The highest BCUT2D eigenvalue weighted by Gasteiger charge is 2.54. The number of carbonyl (C=O) groups is 4. The number of oxime groups is 1. The number of rotatable bonds is 16. The first-order valence-corrected chi connectivity index (χ1v) is 15.6. The molecule has 2 aromatic rings. The first-order valence-electron chi connectivity index (χ1n) is 12.7. The Balaban J connectivity index is 1.44. The summed E-state index contributed by atoms with van der Waals surface area (Å²) in [6, 6.07) is 0.692. The number of amides is 3. The van der Waals surface area contributed by atoms with Crippen LogP contribution in [0.15, 0.2) is 27.0 Å². The highest BCUT2D eigenvalue weighted by molar-refractivity contribution is 8.01. The number of nitrogens with one attached hydrogen (secondary N) is 2. The second-order valence-electron chi connectivity index (χ2n) is 8.82. The molecule has 4 rings (SSSR count). The smallest absolute Gasteiger partial charge is 0.352 e. The van der Waals surface area contributed by atoms with Crippen molar-refractivity contribution in [3.63, 3.8) is 0 Å². The van der Waals surface area contributed by atoms with Gasteiger partial charge in [-0.05, 0) is 22.4 Å². The number of carboxylic acid groups (broad SMARTS) is 1. The number of hydrogen-bond donors (Lipinski definition) is 3. The van der Waals surface area contributed by atoms with Gasteiger partial charge in [-0.3, -0.25) is 19.3 Å². The first kappa shape index (κ1) is 30.9. The lowest BCUT2D eigenvalue weighted by atomic mass is 10.0. The third-order valence-electron chi connectivity index (χ3n) is 6.06. The lowest BCUT2D eigenvalue weighted by molar-refractivity contribution is -0.150. The SMILES string of the molecule is CCCCCCn1nnnc1SCC1=C(C(=O)O)N2C(=O)C(NC(=O)C(=NOCC#N)c3csc(NC=O)n3)[C@@H]2SC1. The Kier molecular flexibility index (Phi) is 10.9. The molecule has 0 aromatic carbocycles. The van der Waals surface area contributed by atoms with Crippen LogP contribution in [0.25, 0.3) is 0 Å². The van der Waals surface area contributed by atoms with Crippen molar-refractivity contribution in [3.05, 3.63) is 22.3 Å². The van der Waals surface area contributed by atoms with Gasteiger partial charge in [-0.25, -0.2) is 14.5 Å². The lowest BCUT2D eigenvalue weighted by Gasteiger charge is -2.49. The second kappa shape index (κ2) is 14.7. The highest BCUT2D eigenvalue weighted by atomic mass is 32.2. The average Bonchev–Trinajstić information content (AvgIpc) is 3.64. The van der Waals surface area contributed by atoms with Gasteiger partial charge in [0.15, 0.2) is 10.8 Å². The maximum atomic E-state index is 13.1. The van der Waals surface area contributed by atoms with Crippen LogP contribution in [-0.4, -0.2) is 94.6 Å². The van der Waals surface area contributed by atoms with Crippen LogP contribution in [0.2, 0.25) is 0 Å². The van der Waals surface area contributed by atoms with Gasteiger partial charge in [0.25, 0.3) is 11.8 Å². The molecule has 1 unspecified atom stereocenters. The zero-order valence-electron chi connectivity index (χ0n) is 22.3. The number of carbonyl (C=O) groups excluding carboxylic acids is 3. The summed E-state index contributed by atoms with van der Waals surface area (Å²) in [5.41, 5.74) is 0.153. The molecule has 1 saturated heterocycles. The van der Waals surface area contributed by atoms with E-state index in [1.54, 1.807) is 10.8 Å². The van der Waals surface area contributed by atoms with Gasteiger partial charge in [-0.1, -0.05) is 43.1 Å². The number of nitriles is 1. The molecule has 42 heavy (non-hydrogen) atoms. The molecule has 3 amide bonds. The standard InChI is InChI=1S/C23H26N10O6S3/c1-2-3-4-5-7-32-23(28-30-31-32)42-10-13-9-40-20-16(19(36)33(20)17(13)21(37)38)27-18(35)15(29-39-8-6-24)14-11-41-22(26-14)25-12-34/h11-12,16,20H,2-5,7-10H2,1H3,(H,27,35)(H,37,38)(H,25,26,34)/t16?,20-/m0/s1. The first-order chi connectivity index (χ1) is 20.4. The number of unbranched alkanes of at least 4 members (excludes halogenated alkanes) is 3. The fourth-order valence-corrected chi connectivity index (χ4v) is 7.16. The van der Waals surface area contributed by atoms with Crippen molar-refractivity contribution >= 4 is 69.9 Å². The number of thioether (sulfide) groups is 2. The molecule has 2 atom stereocenters. The van der Waals surface area contributed by atoms with E-state index >= 15 is 0 Å². The van der Waals surface area contributed by atoms with Crippen LogP contribution in [0.4, 0.5) is 5.13 Å². The van der Waals surface area contributed by atoms with E-state index in [1.165, 1.54) is 33.8 Å². The summed E-state index contributed by atoms with van der Waals surface area (Å²) in [5, 5.41) is 40.7. The summed E-state index contributed by atoms with van der Waals surface area (Å²) < 4.78 is 1.69. The number of thiazole rings is 1. The maximum Gasteiger partial charge on any atom is 0.352 e. The van der Waals surface area contributed by atoms with Gasteiger partial charge in [0.2, 0.25) is 18.2 Å². The van der Waals surface area contributed by atoms with E-state index in [4.69, 9.17) is 10.1 Å². The number of tetrazole rings is 1. The summed E-state index contributed by atoms with van der Waals surface area (Å²) in [7, 11) is 0. The Bertz CT molecular complexity index is 1430. The van der Waals surface area contributed by atoms with E-state index in [2.05, 4.69) is 43.2 Å². The summed E-state index contributed by atoms with van der Waals surface area (Å²) in [6.45, 7) is 2.35. The Labute approximate surface area is 251 Å². The molecule has 0 saturated carbocycles. The van der Waals surface area contributed by atoms with E-state index in [0.717, 1.165) is 37.0 Å². The zero-order chi connectivity index (χ0) is 30.1. The number of fused-ring (bicyclic) bond motifs is 1. The van der Waals surface area contributed by atoms with Crippen LogP contribution in [0.3, 0.4) is 0 Å². The van der Waals surface area contributed by atoms with Crippen LogP contribution in [0.1, 0.15) is 38.3 Å².